The Hall–Kier alpha value is -1.16. The van der Waals surface area contributed by atoms with Crippen LogP contribution in [0.5, 0.6) is 0 Å². The number of ketones is 1. The molecule has 0 fully saturated rings. The molecule has 1 rings (SSSR count). The van der Waals surface area contributed by atoms with E-state index in [1.165, 1.54) is 13.1 Å². The number of imidazole rings is 1. The number of hydrogen-bond acceptors (Lipinski definition) is 3. The van der Waals surface area contributed by atoms with E-state index in [0.717, 1.165) is 0 Å². The van der Waals surface area contributed by atoms with Crippen molar-refractivity contribution >= 4 is 5.78 Å². The standard InChI is InChI=1S/C8H12N2O2/c1-5(11)7-9-4-6(10-7)8(2,3)12/h4,12H,1-3H3,(H,9,10). The van der Waals surface area contributed by atoms with Gasteiger partial charge in [0.05, 0.1) is 5.69 Å². The third kappa shape index (κ3) is 1.71. The molecule has 1 aromatic rings. The number of rotatable bonds is 2. The average molecular weight is 168 g/mol. The minimum atomic E-state index is -0.996. The van der Waals surface area contributed by atoms with Crippen LogP contribution in [0.15, 0.2) is 6.20 Å². The van der Waals surface area contributed by atoms with Crippen LogP contribution in [-0.4, -0.2) is 20.9 Å². The maximum Gasteiger partial charge on any atom is 0.194 e. The summed E-state index contributed by atoms with van der Waals surface area (Å²) in [6.45, 7) is 4.66. The molecule has 1 aromatic heterocycles. The first-order valence-corrected chi connectivity index (χ1v) is 3.70. The molecule has 0 saturated carbocycles. The summed E-state index contributed by atoms with van der Waals surface area (Å²) in [5.74, 6) is 0.151. The molecule has 0 saturated heterocycles. The van der Waals surface area contributed by atoms with Gasteiger partial charge < -0.3 is 10.1 Å². The first-order valence-electron chi connectivity index (χ1n) is 3.70. The summed E-state index contributed by atoms with van der Waals surface area (Å²) >= 11 is 0. The smallest absolute Gasteiger partial charge is 0.194 e. The monoisotopic (exact) mass is 168 g/mol. The van der Waals surface area contributed by atoms with E-state index in [1.807, 2.05) is 0 Å². The zero-order valence-corrected chi connectivity index (χ0v) is 7.38. The van der Waals surface area contributed by atoms with Crippen molar-refractivity contribution in [1.82, 2.24) is 9.97 Å². The number of carbonyl (C=O) groups is 1. The van der Waals surface area contributed by atoms with Crippen molar-refractivity contribution in [2.75, 3.05) is 0 Å². The molecule has 0 atom stereocenters. The Morgan fingerprint density at radius 1 is 1.67 bits per heavy atom. The Morgan fingerprint density at radius 2 is 2.25 bits per heavy atom. The molecule has 0 unspecified atom stereocenters. The number of nitrogens with zero attached hydrogens (tertiary/aromatic N) is 1. The second-order valence-corrected chi connectivity index (χ2v) is 3.25. The Balaban J connectivity index is 3.00. The first-order chi connectivity index (χ1) is 5.41. The van der Waals surface area contributed by atoms with Gasteiger partial charge in [0.25, 0.3) is 0 Å². The molecule has 4 heteroatoms. The Bertz CT molecular complexity index is 296. The minimum Gasteiger partial charge on any atom is -0.384 e. The molecular weight excluding hydrogens is 156 g/mol. The molecule has 0 radical (unpaired) electrons. The number of H-pyrrole nitrogens is 1. The SMILES string of the molecule is CC(=O)c1nc(C(C)(C)O)c[nH]1. The van der Waals surface area contributed by atoms with Crippen molar-refractivity contribution < 1.29 is 9.90 Å². The topological polar surface area (TPSA) is 66.0 Å². The average Bonchev–Trinajstić information content (AvgIpc) is 2.30. The number of nitrogens with one attached hydrogen (secondary N) is 1. The molecule has 66 valence electrons. The summed E-state index contributed by atoms with van der Waals surface area (Å²) in [6.07, 6.45) is 1.54. The van der Waals surface area contributed by atoms with E-state index < -0.39 is 5.60 Å². The lowest BCUT2D eigenvalue weighted by Gasteiger charge is -2.12. The fraction of sp³-hybridized carbons (Fsp3) is 0.500. The van der Waals surface area contributed by atoms with Gasteiger partial charge in [-0.15, -0.1) is 0 Å². The maximum atomic E-state index is 10.8. The minimum absolute atomic E-state index is 0.134. The Kier molecular flexibility index (Phi) is 2.02. The summed E-state index contributed by atoms with van der Waals surface area (Å²) in [5.41, 5.74) is -0.516. The fourth-order valence-electron chi connectivity index (χ4n) is 0.815. The highest BCUT2D eigenvalue weighted by Gasteiger charge is 2.20. The normalized spacial score (nSPS) is 11.7. The molecule has 0 bridgehead atoms. The molecule has 2 N–H and O–H groups in total. The molecule has 0 aliphatic rings. The van der Waals surface area contributed by atoms with Crippen LogP contribution < -0.4 is 0 Å². The second kappa shape index (κ2) is 2.71. The van der Waals surface area contributed by atoms with Crippen molar-refractivity contribution in [2.45, 2.75) is 26.4 Å². The van der Waals surface area contributed by atoms with E-state index in [2.05, 4.69) is 9.97 Å². The van der Waals surface area contributed by atoms with Crippen molar-refractivity contribution in [1.29, 1.82) is 0 Å². The molecule has 0 amide bonds. The van der Waals surface area contributed by atoms with Gasteiger partial charge in [0.15, 0.2) is 11.6 Å². The number of Topliss-reactive ketones (excluding diaryl/α,β-unsaturated/α-hetero) is 1. The molecule has 12 heavy (non-hydrogen) atoms. The third-order valence-electron chi connectivity index (χ3n) is 1.54. The summed E-state index contributed by atoms with van der Waals surface area (Å²) < 4.78 is 0. The van der Waals surface area contributed by atoms with Gasteiger partial charge in [0, 0.05) is 13.1 Å². The van der Waals surface area contributed by atoms with Crippen LogP contribution in [0, 0.1) is 0 Å². The molecule has 0 aliphatic heterocycles. The zero-order valence-electron chi connectivity index (χ0n) is 7.38. The van der Waals surface area contributed by atoms with Crippen LogP contribution in [0.3, 0.4) is 0 Å². The lowest BCUT2D eigenvalue weighted by atomic mass is 10.1. The summed E-state index contributed by atoms with van der Waals surface area (Å²) in [6, 6.07) is 0. The predicted octanol–water partition coefficient (Wildman–Crippen LogP) is 0.840. The first kappa shape index (κ1) is 8.93. The molecule has 4 nitrogen and oxygen atoms in total. The molecule has 1 heterocycles. The number of hydrogen-bond donors (Lipinski definition) is 2. The van der Waals surface area contributed by atoms with Crippen molar-refractivity contribution in [2.24, 2.45) is 0 Å². The number of carbonyl (C=O) groups excluding carboxylic acids is 1. The van der Waals surface area contributed by atoms with Crippen molar-refractivity contribution in [3.05, 3.63) is 17.7 Å². The zero-order chi connectivity index (χ0) is 9.35. The lowest BCUT2D eigenvalue weighted by Crippen LogP contribution is -2.16. The van der Waals surface area contributed by atoms with Gasteiger partial charge in [0.1, 0.15) is 5.60 Å². The highest BCUT2D eigenvalue weighted by Crippen LogP contribution is 2.16. The van der Waals surface area contributed by atoms with Gasteiger partial charge in [-0.25, -0.2) is 4.98 Å². The molecular formula is C8H12N2O2. The van der Waals surface area contributed by atoms with Gasteiger partial charge in [-0.2, -0.15) is 0 Å². The van der Waals surface area contributed by atoms with E-state index in [4.69, 9.17) is 0 Å². The summed E-state index contributed by atoms with van der Waals surface area (Å²) in [7, 11) is 0. The number of aromatic amines is 1. The van der Waals surface area contributed by atoms with Crippen LogP contribution >= 0.6 is 0 Å². The highest BCUT2D eigenvalue weighted by atomic mass is 16.3. The maximum absolute atomic E-state index is 10.8. The second-order valence-electron chi connectivity index (χ2n) is 3.25. The largest absolute Gasteiger partial charge is 0.384 e. The highest BCUT2D eigenvalue weighted by molar-refractivity contribution is 5.90. The van der Waals surface area contributed by atoms with Gasteiger partial charge in [0.2, 0.25) is 0 Å². The van der Waals surface area contributed by atoms with Crippen LogP contribution in [0.4, 0.5) is 0 Å². The van der Waals surface area contributed by atoms with E-state index in [0.29, 0.717) is 5.69 Å². The predicted molar refractivity (Wildman–Crippen MR) is 43.8 cm³/mol. The number of aromatic nitrogens is 2. The molecule has 0 spiro atoms. The molecule has 0 aromatic carbocycles. The van der Waals surface area contributed by atoms with Crippen LogP contribution in [0.2, 0.25) is 0 Å². The summed E-state index contributed by atoms with van der Waals surface area (Å²) in [4.78, 5) is 17.4. The summed E-state index contributed by atoms with van der Waals surface area (Å²) in [5, 5.41) is 9.49. The van der Waals surface area contributed by atoms with Gasteiger partial charge in [-0.05, 0) is 13.8 Å². The van der Waals surface area contributed by atoms with Gasteiger partial charge >= 0.3 is 0 Å². The van der Waals surface area contributed by atoms with Crippen LogP contribution in [0.25, 0.3) is 0 Å². The van der Waals surface area contributed by atoms with E-state index in [-0.39, 0.29) is 11.6 Å². The third-order valence-corrected chi connectivity index (χ3v) is 1.54. The van der Waals surface area contributed by atoms with Gasteiger partial charge in [-0.1, -0.05) is 0 Å². The lowest BCUT2D eigenvalue weighted by molar-refractivity contribution is 0.0741. The van der Waals surface area contributed by atoms with Gasteiger partial charge in [-0.3, -0.25) is 4.79 Å². The van der Waals surface area contributed by atoms with Crippen LogP contribution in [-0.2, 0) is 5.60 Å². The Morgan fingerprint density at radius 3 is 2.50 bits per heavy atom. The number of aliphatic hydroxyl groups is 1. The fourth-order valence-corrected chi connectivity index (χ4v) is 0.815. The van der Waals surface area contributed by atoms with E-state index in [9.17, 15) is 9.90 Å². The van der Waals surface area contributed by atoms with Crippen molar-refractivity contribution in [3.8, 4) is 0 Å². The molecule has 0 aliphatic carbocycles. The van der Waals surface area contributed by atoms with E-state index >= 15 is 0 Å². The quantitative estimate of drug-likeness (QED) is 0.643. The van der Waals surface area contributed by atoms with Crippen LogP contribution in [0.1, 0.15) is 37.1 Å². The Labute approximate surface area is 70.6 Å². The van der Waals surface area contributed by atoms with Crippen molar-refractivity contribution in [3.63, 3.8) is 0 Å². The van der Waals surface area contributed by atoms with E-state index in [1.54, 1.807) is 13.8 Å².